The number of hydrogen-bond donors (Lipinski definition) is 3. The molecule has 66 valence electrons. The molecule has 5 nitrogen and oxygen atoms in total. The number of aliphatic hydroxyl groups is 3. The zero-order valence-corrected chi connectivity index (χ0v) is 6.17. The summed E-state index contributed by atoms with van der Waals surface area (Å²) in [6.07, 6.45) is -3.71. The molecule has 3 unspecified atom stereocenters. The minimum Gasteiger partial charge on any atom is -0.394 e. The molecule has 1 aliphatic rings. The van der Waals surface area contributed by atoms with Crippen LogP contribution in [0.15, 0.2) is 0 Å². The summed E-state index contributed by atoms with van der Waals surface area (Å²) in [7, 11) is 1.36. The first-order valence-corrected chi connectivity index (χ1v) is 3.36. The van der Waals surface area contributed by atoms with Gasteiger partial charge in [0, 0.05) is 7.11 Å². The summed E-state index contributed by atoms with van der Waals surface area (Å²) in [6, 6.07) is 0. The van der Waals surface area contributed by atoms with Crippen LogP contribution in [0.1, 0.15) is 0 Å². The lowest BCUT2D eigenvalue weighted by atomic mass is 10.1. The van der Waals surface area contributed by atoms with E-state index in [0.717, 1.165) is 0 Å². The molecule has 0 radical (unpaired) electrons. The maximum atomic E-state index is 9.15. The topological polar surface area (TPSA) is 79.2 Å². The molecule has 0 amide bonds. The lowest BCUT2D eigenvalue weighted by molar-refractivity contribution is -0.153. The normalized spacial score (nSPS) is 44.7. The third-order valence-corrected chi connectivity index (χ3v) is 1.73. The molecular weight excluding hydrogens is 152 g/mol. The molecule has 0 aliphatic carbocycles. The van der Waals surface area contributed by atoms with E-state index in [9.17, 15) is 0 Å². The van der Waals surface area contributed by atoms with Crippen molar-refractivity contribution in [1.82, 2.24) is 0 Å². The fourth-order valence-electron chi connectivity index (χ4n) is 1.06. The smallest absolute Gasteiger partial charge is 0.186 e. The highest BCUT2D eigenvalue weighted by Crippen LogP contribution is 2.20. The Kier molecular flexibility index (Phi) is 2.80. The van der Waals surface area contributed by atoms with Gasteiger partial charge in [0.2, 0.25) is 0 Å². The van der Waals surface area contributed by atoms with Gasteiger partial charge >= 0.3 is 0 Å². The highest BCUT2D eigenvalue weighted by molar-refractivity contribution is 4.85. The summed E-state index contributed by atoms with van der Waals surface area (Å²) in [4.78, 5) is 0. The van der Waals surface area contributed by atoms with Gasteiger partial charge in [0.15, 0.2) is 6.29 Å². The van der Waals surface area contributed by atoms with E-state index in [0.29, 0.717) is 0 Å². The van der Waals surface area contributed by atoms with E-state index in [-0.39, 0.29) is 6.61 Å². The molecule has 0 aromatic carbocycles. The van der Waals surface area contributed by atoms with Crippen molar-refractivity contribution < 1.29 is 24.8 Å². The quantitative estimate of drug-likeness (QED) is 0.443. The van der Waals surface area contributed by atoms with Gasteiger partial charge in [-0.2, -0.15) is 0 Å². The SMILES string of the molecule is COC1O[C@@H](CO)C(O)C1O. The molecular formula is C6H12O5. The van der Waals surface area contributed by atoms with Crippen molar-refractivity contribution in [1.29, 1.82) is 0 Å². The number of hydrogen-bond acceptors (Lipinski definition) is 5. The highest BCUT2D eigenvalue weighted by Gasteiger charge is 2.42. The van der Waals surface area contributed by atoms with Gasteiger partial charge in [-0.1, -0.05) is 0 Å². The number of methoxy groups -OCH3 is 1. The van der Waals surface area contributed by atoms with Crippen molar-refractivity contribution in [3.05, 3.63) is 0 Å². The molecule has 1 aliphatic heterocycles. The van der Waals surface area contributed by atoms with Gasteiger partial charge in [0.1, 0.15) is 18.3 Å². The molecule has 1 saturated heterocycles. The standard InChI is InChI=1S/C6H12O5/c1-10-6-5(9)4(8)3(2-7)11-6/h3-9H,2H2,1H3/t3-,4?,5?,6?/m0/s1. The second-order valence-electron chi connectivity index (χ2n) is 2.44. The molecule has 0 saturated carbocycles. The van der Waals surface area contributed by atoms with Gasteiger partial charge in [-0.25, -0.2) is 0 Å². The van der Waals surface area contributed by atoms with Crippen LogP contribution in [-0.2, 0) is 9.47 Å². The highest BCUT2D eigenvalue weighted by atomic mass is 16.7. The summed E-state index contributed by atoms with van der Waals surface area (Å²) in [5.74, 6) is 0. The van der Waals surface area contributed by atoms with Crippen LogP contribution in [-0.4, -0.2) is 53.6 Å². The Labute approximate surface area is 64.2 Å². The Morgan fingerprint density at radius 3 is 2.27 bits per heavy atom. The van der Waals surface area contributed by atoms with E-state index >= 15 is 0 Å². The summed E-state index contributed by atoms with van der Waals surface area (Å²) < 4.78 is 9.59. The van der Waals surface area contributed by atoms with Gasteiger partial charge in [-0.05, 0) is 0 Å². The molecule has 1 rings (SSSR count). The average Bonchev–Trinajstić information content (AvgIpc) is 2.30. The zero-order valence-electron chi connectivity index (χ0n) is 6.17. The van der Waals surface area contributed by atoms with Crippen molar-refractivity contribution in [3.8, 4) is 0 Å². The van der Waals surface area contributed by atoms with E-state index < -0.39 is 24.6 Å². The molecule has 1 heterocycles. The monoisotopic (exact) mass is 164 g/mol. The molecule has 1 fully saturated rings. The first kappa shape index (κ1) is 8.89. The van der Waals surface area contributed by atoms with E-state index in [2.05, 4.69) is 4.74 Å². The van der Waals surface area contributed by atoms with Crippen LogP contribution < -0.4 is 0 Å². The Bertz CT molecular complexity index is 110. The van der Waals surface area contributed by atoms with Crippen molar-refractivity contribution >= 4 is 0 Å². The third kappa shape index (κ3) is 1.52. The molecule has 4 atom stereocenters. The minimum absolute atomic E-state index is 0.321. The van der Waals surface area contributed by atoms with Crippen molar-refractivity contribution in [3.63, 3.8) is 0 Å². The predicted molar refractivity (Wildman–Crippen MR) is 34.8 cm³/mol. The van der Waals surface area contributed by atoms with Crippen LogP contribution in [0.2, 0.25) is 0 Å². The van der Waals surface area contributed by atoms with E-state index in [1.54, 1.807) is 0 Å². The lowest BCUT2D eigenvalue weighted by Crippen LogP contribution is -2.34. The van der Waals surface area contributed by atoms with Crippen LogP contribution in [0.4, 0.5) is 0 Å². The van der Waals surface area contributed by atoms with Gasteiger partial charge < -0.3 is 24.8 Å². The second kappa shape index (κ2) is 3.46. The number of aliphatic hydroxyl groups excluding tert-OH is 3. The molecule has 0 spiro atoms. The number of ether oxygens (including phenoxy) is 2. The number of rotatable bonds is 2. The van der Waals surface area contributed by atoms with E-state index in [4.69, 9.17) is 20.1 Å². The van der Waals surface area contributed by atoms with Crippen molar-refractivity contribution in [2.75, 3.05) is 13.7 Å². The summed E-state index contributed by atoms with van der Waals surface area (Å²) in [5.41, 5.74) is 0. The summed E-state index contributed by atoms with van der Waals surface area (Å²) in [5, 5.41) is 26.9. The van der Waals surface area contributed by atoms with Gasteiger partial charge in [0.05, 0.1) is 6.61 Å². The molecule has 5 heteroatoms. The Morgan fingerprint density at radius 1 is 1.36 bits per heavy atom. The first-order chi connectivity index (χ1) is 5.20. The van der Waals surface area contributed by atoms with Crippen LogP contribution in [0, 0.1) is 0 Å². The Morgan fingerprint density at radius 2 is 2.00 bits per heavy atom. The Hall–Kier alpha value is -0.200. The van der Waals surface area contributed by atoms with Crippen LogP contribution in [0.5, 0.6) is 0 Å². The third-order valence-electron chi connectivity index (χ3n) is 1.73. The van der Waals surface area contributed by atoms with Gasteiger partial charge in [-0.15, -0.1) is 0 Å². The van der Waals surface area contributed by atoms with Crippen molar-refractivity contribution in [2.45, 2.75) is 24.6 Å². The Balaban J connectivity index is 2.53. The van der Waals surface area contributed by atoms with Gasteiger partial charge in [-0.3, -0.25) is 0 Å². The second-order valence-corrected chi connectivity index (χ2v) is 2.44. The van der Waals surface area contributed by atoms with E-state index in [1.165, 1.54) is 7.11 Å². The summed E-state index contributed by atoms with van der Waals surface area (Å²) >= 11 is 0. The maximum absolute atomic E-state index is 9.15. The minimum atomic E-state index is -1.07. The predicted octanol–water partition coefficient (Wildman–Crippen LogP) is -1.93. The molecule has 3 N–H and O–H groups in total. The van der Waals surface area contributed by atoms with Crippen molar-refractivity contribution in [2.24, 2.45) is 0 Å². The van der Waals surface area contributed by atoms with E-state index in [1.807, 2.05) is 0 Å². The van der Waals surface area contributed by atoms with Crippen LogP contribution >= 0.6 is 0 Å². The largest absolute Gasteiger partial charge is 0.394 e. The molecule has 0 aromatic rings. The molecule has 11 heavy (non-hydrogen) atoms. The average molecular weight is 164 g/mol. The van der Waals surface area contributed by atoms with Crippen LogP contribution in [0.25, 0.3) is 0 Å². The maximum Gasteiger partial charge on any atom is 0.186 e. The molecule has 0 aromatic heterocycles. The lowest BCUT2D eigenvalue weighted by Gasteiger charge is -2.11. The van der Waals surface area contributed by atoms with Crippen LogP contribution in [0.3, 0.4) is 0 Å². The van der Waals surface area contributed by atoms with Gasteiger partial charge in [0.25, 0.3) is 0 Å². The summed E-state index contributed by atoms with van der Waals surface area (Å²) in [6.45, 7) is -0.321. The fourth-order valence-corrected chi connectivity index (χ4v) is 1.06. The molecule has 0 bridgehead atoms. The first-order valence-electron chi connectivity index (χ1n) is 3.36. The zero-order chi connectivity index (χ0) is 8.43. The fraction of sp³-hybridized carbons (Fsp3) is 1.00.